The van der Waals surface area contributed by atoms with Gasteiger partial charge >= 0.3 is 0 Å². The van der Waals surface area contributed by atoms with Crippen LogP contribution < -0.4 is 0 Å². The minimum absolute atomic E-state index is 0.111. The molecule has 6 atom stereocenters. The van der Waals surface area contributed by atoms with E-state index in [2.05, 4.69) is 19.0 Å². The third-order valence-corrected chi connectivity index (χ3v) is 10.3. The summed E-state index contributed by atoms with van der Waals surface area (Å²) in [7, 11) is 1.69. The fraction of sp³-hybridized carbons (Fsp3) is 0.958. The van der Waals surface area contributed by atoms with E-state index in [-0.39, 0.29) is 16.6 Å². The highest BCUT2D eigenvalue weighted by molar-refractivity contribution is 5.88. The molecule has 0 bridgehead atoms. The van der Waals surface area contributed by atoms with Crippen LogP contribution in [0, 0.1) is 34.5 Å². The first-order chi connectivity index (χ1) is 14.5. The van der Waals surface area contributed by atoms with E-state index >= 15 is 0 Å². The maximum absolute atomic E-state index is 6.31. The molecule has 6 rings (SSSR count). The van der Waals surface area contributed by atoms with Crippen LogP contribution in [0.25, 0.3) is 0 Å². The Labute approximate surface area is 180 Å². The molecule has 0 aromatic carbocycles. The molecule has 30 heavy (non-hydrogen) atoms. The van der Waals surface area contributed by atoms with Crippen molar-refractivity contribution in [1.29, 1.82) is 0 Å². The lowest BCUT2D eigenvalue weighted by atomic mass is 9.44. The summed E-state index contributed by atoms with van der Waals surface area (Å²) in [4.78, 5) is 5.39. The summed E-state index contributed by atoms with van der Waals surface area (Å²) in [6, 6.07) is 0. The number of fused-ring (bicyclic) bond motifs is 6. The Bertz CT molecular complexity index is 727. The molecule has 168 valence electrons. The van der Waals surface area contributed by atoms with Gasteiger partial charge in [-0.05, 0) is 55.3 Å². The lowest BCUT2D eigenvalue weighted by Gasteiger charge is -2.62. The molecule has 0 amide bonds. The quantitative estimate of drug-likeness (QED) is 0.598. The van der Waals surface area contributed by atoms with Gasteiger partial charge in [0.1, 0.15) is 7.11 Å². The molecular formula is C24H37NO5. The zero-order valence-corrected chi connectivity index (χ0v) is 18.8. The van der Waals surface area contributed by atoms with E-state index in [1.165, 1.54) is 25.0 Å². The van der Waals surface area contributed by atoms with Gasteiger partial charge in [0.25, 0.3) is 0 Å². The molecule has 1 unspecified atom stereocenters. The topological polar surface area (TPSA) is 58.5 Å². The predicted octanol–water partition coefficient (Wildman–Crippen LogP) is 4.13. The van der Waals surface area contributed by atoms with E-state index in [0.29, 0.717) is 23.7 Å². The van der Waals surface area contributed by atoms with Gasteiger partial charge in [-0.3, -0.25) is 0 Å². The largest absolute Gasteiger partial charge is 0.399 e. The second-order valence-corrected chi connectivity index (χ2v) is 11.2. The molecule has 2 aliphatic heterocycles. The van der Waals surface area contributed by atoms with Crippen LogP contribution in [0.5, 0.6) is 0 Å². The monoisotopic (exact) mass is 419 g/mol. The molecule has 6 aliphatic rings. The number of oxime groups is 1. The number of hydrogen-bond acceptors (Lipinski definition) is 6. The molecule has 2 heterocycles. The van der Waals surface area contributed by atoms with Crippen molar-refractivity contribution in [3.05, 3.63) is 0 Å². The van der Waals surface area contributed by atoms with E-state index in [9.17, 15) is 0 Å². The van der Waals surface area contributed by atoms with Crippen LogP contribution in [0.2, 0.25) is 0 Å². The van der Waals surface area contributed by atoms with Gasteiger partial charge in [-0.25, -0.2) is 0 Å². The zero-order valence-electron chi connectivity index (χ0n) is 18.8. The molecule has 4 aliphatic carbocycles. The van der Waals surface area contributed by atoms with Crippen LogP contribution in [0.15, 0.2) is 5.16 Å². The summed E-state index contributed by atoms with van der Waals surface area (Å²) >= 11 is 0. The van der Waals surface area contributed by atoms with Gasteiger partial charge < -0.3 is 23.8 Å². The van der Waals surface area contributed by atoms with Crippen LogP contribution >= 0.6 is 0 Å². The molecule has 0 aromatic rings. The molecule has 0 aromatic heterocycles. The van der Waals surface area contributed by atoms with Crippen molar-refractivity contribution in [2.45, 2.75) is 76.8 Å². The number of nitrogens with zero attached hydrogens (tertiary/aromatic N) is 1. The molecule has 0 N–H and O–H groups in total. The van der Waals surface area contributed by atoms with Gasteiger partial charge in [0.2, 0.25) is 0 Å². The molecule has 2 spiro atoms. The van der Waals surface area contributed by atoms with Crippen LogP contribution in [-0.4, -0.2) is 50.8 Å². The average Bonchev–Trinajstić information content (AvgIpc) is 3.45. The first-order valence-electron chi connectivity index (χ1n) is 12.1. The van der Waals surface area contributed by atoms with E-state index in [1.54, 1.807) is 7.11 Å². The van der Waals surface area contributed by atoms with Crippen molar-refractivity contribution >= 4 is 5.71 Å². The summed E-state index contributed by atoms with van der Waals surface area (Å²) in [5.74, 6) is 1.61. The Morgan fingerprint density at radius 2 is 1.57 bits per heavy atom. The van der Waals surface area contributed by atoms with E-state index in [0.717, 1.165) is 58.5 Å². The maximum Gasteiger partial charge on any atom is 0.174 e. The summed E-state index contributed by atoms with van der Waals surface area (Å²) in [5.41, 5.74) is 1.58. The Hall–Kier alpha value is -0.690. The highest BCUT2D eigenvalue weighted by Crippen LogP contribution is 2.69. The van der Waals surface area contributed by atoms with Crippen LogP contribution in [0.1, 0.15) is 65.2 Å². The highest BCUT2D eigenvalue weighted by Gasteiger charge is 2.68. The standard InChI is InChI=1S/C24H37NO5/c1-21-8-9-23(27-10-11-28-23)15-19(21)20(25-26-3)14-16-17(21)4-6-22(2)18(16)5-7-24(22)29-12-13-30-24/h16-19H,4-15H2,1-3H3/b25-20+/t16-,17+,18+,19?,21-,22+/m1/s1. The predicted molar refractivity (Wildman–Crippen MR) is 111 cm³/mol. The zero-order chi connectivity index (χ0) is 20.6. The second kappa shape index (κ2) is 6.66. The van der Waals surface area contributed by atoms with Gasteiger partial charge in [-0.15, -0.1) is 0 Å². The Balaban J connectivity index is 1.35. The number of rotatable bonds is 1. The summed E-state index contributed by atoms with van der Waals surface area (Å²) in [6.45, 7) is 7.90. The normalized spacial score (nSPS) is 49.9. The fourth-order valence-corrected chi connectivity index (χ4v) is 8.86. The second-order valence-electron chi connectivity index (χ2n) is 11.2. The Morgan fingerprint density at radius 3 is 2.30 bits per heavy atom. The van der Waals surface area contributed by atoms with Gasteiger partial charge in [0.15, 0.2) is 11.6 Å². The van der Waals surface area contributed by atoms with Crippen molar-refractivity contribution in [2.75, 3.05) is 33.5 Å². The first kappa shape index (κ1) is 20.0. The summed E-state index contributed by atoms with van der Waals surface area (Å²) in [5, 5.41) is 4.63. The van der Waals surface area contributed by atoms with Gasteiger partial charge in [-0.2, -0.15) is 0 Å². The molecule has 6 heteroatoms. The van der Waals surface area contributed by atoms with Gasteiger partial charge in [0.05, 0.1) is 32.1 Å². The number of hydrogen-bond donors (Lipinski definition) is 0. The van der Waals surface area contributed by atoms with E-state index in [4.69, 9.17) is 23.8 Å². The first-order valence-corrected chi connectivity index (χ1v) is 12.1. The van der Waals surface area contributed by atoms with Crippen LogP contribution in [0.3, 0.4) is 0 Å². The van der Waals surface area contributed by atoms with E-state index in [1.807, 2.05) is 0 Å². The van der Waals surface area contributed by atoms with Crippen molar-refractivity contribution < 1.29 is 23.8 Å². The molecule has 6 fully saturated rings. The Morgan fingerprint density at radius 1 is 0.867 bits per heavy atom. The minimum atomic E-state index is -0.391. The van der Waals surface area contributed by atoms with Crippen molar-refractivity contribution in [2.24, 2.45) is 39.7 Å². The lowest BCUT2D eigenvalue weighted by Crippen LogP contribution is -2.60. The smallest absolute Gasteiger partial charge is 0.174 e. The fourth-order valence-electron chi connectivity index (χ4n) is 8.86. The lowest BCUT2D eigenvalue weighted by molar-refractivity contribution is -0.249. The van der Waals surface area contributed by atoms with E-state index < -0.39 is 5.79 Å². The number of ether oxygens (including phenoxy) is 4. The van der Waals surface area contributed by atoms with Crippen molar-refractivity contribution in [3.63, 3.8) is 0 Å². The molecule has 2 saturated heterocycles. The molecule has 4 saturated carbocycles. The summed E-state index contributed by atoms with van der Waals surface area (Å²) in [6.07, 6.45) is 8.81. The van der Waals surface area contributed by atoms with Crippen LogP contribution in [0.4, 0.5) is 0 Å². The molecular weight excluding hydrogens is 382 g/mol. The highest BCUT2D eigenvalue weighted by atomic mass is 16.7. The maximum atomic E-state index is 6.31. The summed E-state index contributed by atoms with van der Waals surface area (Å²) < 4.78 is 24.9. The molecule has 6 nitrogen and oxygen atoms in total. The Kier molecular flexibility index (Phi) is 4.43. The van der Waals surface area contributed by atoms with Crippen LogP contribution in [-0.2, 0) is 23.8 Å². The van der Waals surface area contributed by atoms with Gasteiger partial charge in [-0.1, -0.05) is 19.0 Å². The average molecular weight is 420 g/mol. The molecule has 0 radical (unpaired) electrons. The van der Waals surface area contributed by atoms with Crippen molar-refractivity contribution in [3.8, 4) is 0 Å². The van der Waals surface area contributed by atoms with Gasteiger partial charge in [0, 0.05) is 30.6 Å². The minimum Gasteiger partial charge on any atom is -0.399 e. The SMILES string of the molecule is CO/N=C1\C[C@@H]2[C@H](CC[C@@]3(C)[C@H]2CCC32OCCO2)[C@@]2(C)CCC3(CC12)OCCO3. The third kappa shape index (κ3) is 2.48. The third-order valence-electron chi connectivity index (χ3n) is 10.3. The van der Waals surface area contributed by atoms with Crippen molar-refractivity contribution in [1.82, 2.24) is 0 Å².